The minimum Gasteiger partial charge on any atom is -0.345 e. The van der Waals surface area contributed by atoms with E-state index in [1.807, 2.05) is 17.9 Å². The number of aromatic amines is 1. The maximum Gasteiger partial charge on any atom is 0.244 e. The SMILES string of the molecule is CC(=O)NC(C)C(=O)N1CCCC(c2cc(C)[nH]n2)C1. The number of amides is 2. The monoisotopic (exact) mass is 278 g/mol. The normalized spacial score (nSPS) is 20.6. The van der Waals surface area contributed by atoms with Crippen molar-refractivity contribution in [1.29, 1.82) is 0 Å². The summed E-state index contributed by atoms with van der Waals surface area (Å²) in [6, 6.07) is 1.57. The quantitative estimate of drug-likeness (QED) is 0.864. The summed E-state index contributed by atoms with van der Waals surface area (Å²) in [5.41, 5.74) is 2.06. The van der Waals surface area contributed by atoms with Crippen molar-refractivity contribution in [2.24, 2.45) is 0 Å². The highest BCUT2D eigenvalue weighted by molar-refractivity contribution is 5.86. The number of hydrogen-bond acceptors (Lipinski definition) is 3. The van der Waals surface area contributed by atoms with Crippen molar-refractivity contribution in [3.8, 4) is 0 Å². The third-order valence-electron chi connectivity index (χ3n) is 3.67. The van der Waals surface area contributed by atoms with Gasteiger partial charge in [-0.15, -0.1) is 0 Å². The number of likely N-dealkylation sites (tertiary alicyclic amines) is 1. The molecule has 6 nitrogen and oxygen atoms in total. The van der Waals surface area contributed by atoms with Crippen LogP contribution >= 0.6 is 0 Å². The Morgan fingerprint density at radius 1 is 1.55 bits per heavy atom. The van der Waals surface area contributed by atoms with Gasteiger partial charge in [0.05, 0.1) is 5.69 Å². The standard InChI is InChI=1S/C14H22N4O2/c1-9-7-13(17-16-9)12-5-4-6-18(8-12)14(20)10(2)15-11(3)19/h7,10,12H,4-6,8H2,1-3H3,(H,15,19)(H,16,17). The van der Waals surface area contributed by atoms with Crippen molar-refractivity contribution in [2.75, 3.05) is 13.1 Å². The Morgan fingerprint density at radius 2 is 2.30 bits per heavy atom. The molecule has 1 aliphatic heterocycles. The molecular weight excluding hydrogens is 256 g/mol. The van der Waals surface area contributed by atoms with E-state index in [1.165, 1.54) is 6.92 Å². The number of aromatic nitrogens is 2. The van der Waals surface area contributed by atoms with Gasteiger partial charge >= 0.3 is 0 Å². The maximum atomic E-state index is 12.3. The Morgan fingerprint density at radius 3 is 2.90 bits per heavy atom. The number of H-pyrrole nitrogens is 1. The number of nitrogens with zero attached hydrogens (tertiary/aromatic N) is 2. The summed E-state index contributed by atoms with van der Waals surface area (Å²) in [6.45, 7) is 6.55. The Kier molecular flexibility index (Phi) is 4.42. The van der Waals surface area contributed by atoms with E-state index in [9.17, 15) is 9.59 Å². The molecule has 0 spiro atoms. The van der Waals surface area contributed by atoms with Crippen LogP contribution in [0.3, 0.4) is 0 Å². The second-order valence-corrected chi connectivity index (χ2v) is 5.52. The molecule has 0 aliphatic carbocycles. The molecule has 0 bridgehead atoms. The number of hydrogen-bond donors (Lipinski definition) is 2. The van der Waals surface area contributed by atoms with Crippen LogP contribution < -0.4 is 5.32 Å². The van der Waals surface area contributed by atoms with Crippen LogP contribution in [0.4, 0.5) is 0 Å². The van der Waals surface area contributed by atoms with E-state index in [1.54, 1.807) is 6.92 Å². The summed E-state index contributed by atoms with van der Waals surface area (Å²) < 4.78 is 0. The van der Waals surface area contributed by atoms with Crippen LogP contribution in [0, 0.1) is 6.92 Å². The Balaban J connectivity index is 1.99. The van der Waals surface area contributed by atoms with Crippen molar-refractivity contribution in [3.05, 3.63) is 17.5 Å². The molecule has 6 heteroatoms. The van der Waals surface area contributed by atoms with E-state index in [0.29, 0.717) is 6.54 Å². The lowest BCUT2D eigenvalue weighted by atomic mass is 9.94. The molecule has 1 aliphatic rings. The summed E-state index contributed by atoms with van der Waals surface area (Å²) >= 11 is 0. The van der Waals surface area contributed by atoms with Crippen LogP contribution in [0.1, 0.15) is 44.0 Å². The van der Waals surface area contributed by atoms with Crippen LogP contribution in [-0.4, -0.2) is 46.0 Å². The predicted octanol–water partition coefficient (Wildman–Crippen LogP) is 0.949. The first kappa shape index (κ1) is 14.6. The molecule has 2 amide bonds. The van der Waals surface area contributed by atoms with Gasteiger partial charge in [-0.1, -0.05) is 0 Å². The predicted molar refractivity (Wildman–Crippen MR) is 75.2 cm³/mol. The molecule has 0 radical (unpaired) electrons. The topological polar surface area (TPSA) is 78.1 Å². The van der Waals surface area contributed by atoms with Gasteiger partial charge in [0.15, 0.2) is 0 Å². The van der Waals surface area contributed by atoms with Gasteiger partial charge in [0.25, 0.3) is 0 Å². The van der Waals surface area contributed by atoms with E-state index in [-0.39, 0.29) is 17.7 Å². The molecule has 20 heavy (non-hydrogen) atoms. The van der Waals surface area contributed by atoms with E-state index >= 15 is 0 Å². The van der Waals surface area contributed by atoms with Crippen LogP contribution in [0.2, 0.25) is 0 Å². The molecule has 2 unspecified atom stereocenters. The van der Waals surface area contributed by atoms with Crippen molar-refractivity contribution >= 4 is 11.8 Å². The van der Waals surface area contributed by atoms with Gasteiger partial charge in [0.2, 0.25) is 11.8 Å². The third-order valence-corrected chi connectivity index (χ3v) is 3.67. The maximum absolute atomic E-state index is 12.3. The van der Waals surface area contributed by atoms with Crippen molar-refractivity contribution < 1.29 is 9.59 Å². The lowest BCUT2D eigenvalue weighted by Crippen LogP contribution is -2.49. The van der Waals surface area contributed by atoms with Crippen LogP contribution in [0.25, 0.3) is 0 Å². The fraction of sp³-hybridized carbons (Fsp3) is 0.643. The van der Waals surface area contributed by atoms with E-state index < -0.39 is 6.04 Å². The molecule has 0 aromatic carbocycles. The molecule has 2 heterocycles. The molecular formula is C14H22N4O2. The Hall–Kier alpha value is -1.85. The molecule has 2 N–H and O–H groups in total. The van der Waals surface area contributed by atoms with Crippen LogP contribution in [-0.2, 0) is 9.59 Å². The van der Waals surface area contributed by atoms with E-state index in [4.69, 9.17) is 0 Å². The van der Waals surface area contributed by atoms with Crippen molar-refractivity contribution in [3.63, 3.8) is 0 Å². The largest absolute Gasteiger partial charge is 0.345 e. The highest BCUT2D eigenvalue weighted by Crippen LogP contribution is 2.26. The van der Waals surface area contributed by atoms with Gasteiger partial charge in [-0.3, -0.25) is 14.7 Å². The number of nitrogens with one attached hydrogen (secondary N) is 2. The Bertz CT molecular complexity index is 497. The minimum atomic E-state index is -0.466. The fourth-order valence-corrected chi connectivity index (χ4v) is 2.71. The van der Waals surface area contributed by atoms with Crippen LogP contribution in [0.5, 0.6) is 0 Å². The summed E-state index contributed by atoms with van der Waals surface area (Å²) in [4.78, 5) is 25.2. The minimum absolute atomic E-state index is 0.0165. The van der Waals surface area contributed by atoms with Gasteiger partial charge in [-0.25, -0.2) is 0 Å². The summed E-state index contributed by atoms with van der Waals surface area (Å²) in [5.74, 6) is 0.0849. The first-order valence-corrected chi connectivity index (χ1v) is 7.05. The van der Waals surface area contributed by atoms with Crippen molar-refractivity contribution in [1.82, 2.24) is 20.4 Å². The molecule has 1 saturated heterocycles. The van der Waals surface area contributed by atoms with Gasteiger partial charge in [0, 0.05) is 31.6 Å². The summed E-state index contributed by atoms with van der Waals surface area (Å²) in [7, 11) is 0. The molecule has 2 atom stereocenters. The van der Waals surface area contributed by atoms with E-state index in [0.717, 1.165) is 30.8 Å². The summed E-state index contributed by atoms with van der Waals surface area (Å²) in [5, 5.41) is 9.89. The number of carbonyl (C=O) groups is 2. The fourth-order valence-electron chi connectivity index (χ4n) is 2.71. The van der Waals surface area contributed by atoms with Crippen molar-refractivity contribution in [2.45, 2.75) is 45.6 Å². The van der Waals surface area contributed by atoms with E-state index in [2.05, 4.69) is 15.5 Å². The summed E-state index contributed by atoms with van der Waals surface area (Å²) in [6.07, 6.45) is 2.01. The number of carbonyl (C=O) groups excluding carboxylic acids is 2. The highest BCUT2D eigenvalue weighted by atomic mass is 16.2. The zero-order valence-corrected chi connectivity index (χ0v) is 12.3. The van der Waals surface area contributed by atoms with Crippen LogP contribution in [0.15, 0.2) is 6.07 Å². The zero-order chi connectivity index (χ0) is 14.7. The molecule has 110 valence electrons. The highest BCUT2D eigenvalue weighted by Gasteiger charge is 2.28. The van der Waals surface area contributed by atoms with Gasteiger partial charge in [0.1, 0.15) is 6.04 Å². The lowest BCUT2D eigenvalue weighted by molar-refractivity contribution is -0.136. The second-order valence-electron chi connectivity index (χ2n) is 5.52. The molecule has 1 fully saturated rings. The number of rotatable bonds is 3. The first-order valence-electron chi connectivity index (χ1n) is 7.05. The second kappa shape index (κ2) is 6.07. The number of aryl methyl sites for hydroxylation is 1. The first-order chi connectivity index (χ1) is 9.47. The molecule has 0 saturated carbocycles. The van der Waals surface area contributed by atoms with Gasteiger partial charge < -0.3 is 10.2 Å². The average Bonchev–Trinajstić information content (AvgIpc) is 2.84. The molecule has 1 aromatic heterocycles. The molecule has 2 rings (SSSR count). The van der Waals surface area contributed by atoms with Gasteiger partial charge in [-0.2, -0.15) is 5.10 Å². The smallest absolute Gasteiger partial charge is 0.244 e. The zero-order valence-electron chi connectivity index (χ0n) is 12.3. The molecule has 1 aromatic rings. The van der Waals surface area contributed by atoms with Gasteiger partial charge in [-0.05, 0) is 32.8 Å². The number of piperidine rings is 1. The lowest BCUT2D eigenvalue weighted by Gasteiger charge is -2.33. The Labute approximate surface area is 118 Å². The third kappa shape index (κ3) is 3.37. The average molecular weight is 278 g/mol.